The molecule has 0 bridgehead atoms. The molecule has 51 heavy (non-hydrogen) atoms. The maximum Gasteiger partial charge on any atom is 0.319 e. The van der Waals surface area contributed by atoms with E-state index in [9.17, 15) is 19.5 Å². The molecule has 0 unspecified atom stereocenters. The highest BCUT2D eigenvalue weighted by Gasteiger charge is 2.51. The number of hydrogen-bond donors (Lipinski definition) is 1. The van der Waals surface area contributed by atoms with Gasteiger partial charge in [0.1, 0.15) is 24.5 Å². The summed E-state index contributed by atoms with van der Waals surface area (Å²) >= 11 is 0. The van der Waals surface area contributed by atoms with E-state index in [1.807, 2.05) is 37.7 Å². The smallest absolute Gasteiger partial charge is 0.319 e. The second-order valence-electron chi connectivity index (χ2n) is 16.1. The first kappa shape index (κ1) is 41.2. The Hall–Kier alpha value is -2.55. The van der Waals surface area contributed by atoms with Crippen LogP contribution < -0.4 is 0 Å². The standard InChI is InChI=1S/C38H63N5O8/c1-11-15-42-20-24(2)18-38(7,48-10)34(51-35-32(45)30(41(8)9)17-25(3)50-35)26(4)33(46)37(5,6)36(47)49-22-28(42)12-13-31(44)43-16-14-29-27(21-43)19-39-23-40-29/h19,23-26,28,30,32,34-35,45H,11-18,20-22H2,1-10H3/t24-,25-,26+,28-,30+,32-,34-,35+,38-/m1/s1. The summed E-state index contributed by atoms with van der Waals surface area (Å²) in [7, 11) is 5.44. The molecule has 0 aromatic carbocycles. The van der Waals surface area contributed by atoms with Crippen LogP contribution in [-0.4, -0.2) is 137 Å². The fraction of sp³-hybridized carbons (Fsp3) is 0.816. The first-order valence-electron chi connectivity index (χ1n) is 18.7. The molecule has 13 heteroatoms. The number of rotatable bonds is 9. The minimum atomic E-state index is -1.50. The van der Waals surface area contributed by atoms with E-state index in [-0.39, 0.29) is 42.4 Å². The number of cyclic esters (lactones) is 1. The quantitative estimate of drug-likeness (QED) is 0.296. The third kappa shape index (κ3) is 9.71. The second-order valence-corrected chi connectivity index (χ2v) is 16.1. The summed E-state index contributed by atoms with van der Waals surface area (Å²) in [6.45, 7) is 15.6. The van der Waals surface area contributed by atoms with Gasteiger partial charge in [0.15, 0.2) is 12.1 Å². The van der Waals surface area contributed by atoms with Crippen LogP contribution in [0, 0.1) is 17.3 Å². The lowest BCUT2D eigenvalue weighted by molar-refractivity contribution is -0.295. The van der Waals surface area contributed by atoms with Crippen LogP contribution in [0.15, 0.2) is 12.5 Å². The summed E-state index contributed by atoms with van der Waals surface area (Å²) < 4.78 is 25.1. The van der Waals surface area contributed by atoms with Crippen molar-refractivity contribution in [2.45, 2.75) is 136 Å². The van der Waals surface area contributed by atoms with Gasteiger partial charge in [-0.15, -0.1) is 0 Å². The van der Waals surface area contributed by atoms with E-state index in [1.165, 1.54) is 0 Å². The molecule has 1 aromatic heterocycles. The van der Waals surface area contributed by atoms with Crippen molar-refractivity contribution in [1.29, 1.82) is 0 Å². The van der Waals surface area contributed by atoms with Crippen LogP contribution in [0.1, 0.15) is 91.8 Å². The molecule has 2 saturated heterocycles. The molecule has 1 aromatic rings. The fourth-order valence-electron chi connectivity index (χ4n) is 8.23. The molecular formula is C38H63N5O8. The van der Waals surface area contributed by atoms with Crippen molar-refractivity contribution in [3.8, 4) is 0 Å². The fourth-order valence-corrected chi connectivity index (χ4v) is 8.23. The number of ketones is 1. The topological polar surface area (TPSA) is 144 Å². The van der Waals surface area contributed by atoms with Crippen LogP contribution in [0.25, 0.3) is 0 Å². The van der Waals surface area contributed by atoms with E-state index < -0.39 is 41.4 Å². The van der Waals surface area contributed by atoms with Gasteiger partial charge in [0.25, 0.3) is 0 Å². The van der Waals surface area contributed by atoms with Gasteiger partial charge in [-0.25, -0.2) is 9.97 Å². The van der Waals surface area contributed by atoms with Crippen LogP contribution in [0.3, 0.4) is 0 Å². The number of carbonyl (C=O) groups is 3. The first-order chi connectivity index (χ1) is 24.0. The maximum atomic E-state index is 14.3. The van der Waals surface area contributed by atoms with E-state index >= 15 is 0 Å². The Morgan fingerprint density at radius 2 is 1.90 bits per heavy atom. The van der Waals surface area contributed by atoms with Gasteiger partial charge in [0.05, 0.1) is 23.5 Å². The minimum Gasteiger partial charge on any atom is -0.463 e. The highest BCUT2D eigenvalue weighted by Crippen LogP contribution is 2.38. The normalized spacial score (nSPS) is 34.2. The molecule has 2 fully saturated rings. The number of aliphatic hydroxyl groups excluding tert-OH is 1. The molecule has 3 aliphatic rings. The predicted molar refractivity (Wildman–Crippen MR) is 191 cm³/mol. The molecular weight excluding hydrogens is 654 g/mol. The molecule has 0 radical (unpaired) electrons. The van der Waals surface area contributed by atoms with E-state index in [1.54, 1.807) is 40.4 Å². The molecule has 288 valence electrons. The number of carbonyl (C=O) groups excluding carboxylic acids is 3. The number of aromatic nitrogens is 2. The van der Waals surface area contributed by atoms with Crippen LogP contribution in [0.4, 0.5) is 0 Å². The van der Waals surface area contributed by atoms with E-state index in [0.717, 1.165) is 24.2 Å². The summed E-state index contributed by atoms with van der Waals surface area (Å²) in [5.41, 5.74) is -0.538. The Morgan fingerprint density at radius 3 is 2.57 bits per heavy atom. The number of esters is 1. The van der Waals surface area contributed by atoms with Crippen molar-refractivity contribution in [3.63, 3.8) is 0 Å². The van der Waals surface area contributed by atoms with Gasteiger partial charge in [-0.2, -0.15) is 0 Å². The van der Waals surface area contributed by atoms with Crippen molar-refractivity contribution >= 4 is 17.7 Å². The van der Waals surface area contributed by atoms with Crippen LogP contribution in [0.2, 0.25) is 0 Å². The van der Waals surface area contributed by atoms with Gasteiger partial charge in [-0.1, -0.05) is 20.8 Å². The van der Waals surface area contributed by atoms with Gasteiger partial charge in [0.2, 0.25) is 5.91 Å². The van der Waals surface area contributed by atoms with E-state index in [0.29, 0.717) is 51.7 Å². The molecule has 0 aliphatic carbocycles. The Balaban J connectivity index is 1.61. The van der Waals surface area contributed by atoms with Crippen molar-refractivity contribution < 1.29 is 38.4 Å². The number of aliphatic hydroxyl groups is 1. The number of hydrogen-bond acceptors (Lipinski definition) is 12. The van der Waals surface area contributed by atoms with Crippen molar-refractivity contribution in [2.24, 2.45) is 17.3 Å². The molecule has 9 atom stereocenters. The predicted octanol–water partition coefficient (Wildman–Crippen LogP) is 3.25. The average molecular weight is 718 g/mol. The zero-order valence-electron chi connectivity index (χ0n) is 32.6. The third-order valence-electron chi connectivity index (χ3n) is 11.3. The van der Waals surface area contributed by atoms with E-state index in [2.05, 4.69) is 28.7 Å². The molecule has 0 saturated carbocycles. The van der Waals surface area contributed by atoms with Gasteiger partial charge < -0.3 is 33.9 Å². The lowest BCUT2D eigenvalue weighted by Crippen LogP contribution is -2.59. The molecule has 1 N–H and O–H groups in total. The van der Waals surface area contributed by atoms with Crippen molar-refractivity contribution in [1.82, 2.24) is 24.7 Å². The highest BCUT2D eigenvalue weighted by molar-refractivity contribution is 6.04. The number of nitrogens with zero attached hydrogens (tertiary/aromatic N) is 5. The Labute approximate surface area is 304 Å². The van der Waals surface area contributed by atoms with Crippen molar-refractivity contribution in [3.05, 3.63) is 23.8 Å². The number of methoxy groups -OCH3 is 1. The minimum absolute atomic E-state index is 0.0393. The van der Waals surface area contributed by atoms with Crippen LogP contribution in [0.5, 0.6) is 0 Å². The number of fused-ring (bicyclic) bond motifs is 1. The summed E-state index contributed by atoms with van der Waals surface area (Å²) in [6.07, 6.45) is 3.81. The first-order valence-corrected chi connectivity index (χ1v) is 18.7. The summed E-state index contributed by atoms with van der Waals surface area (Å²) in [5.74, 6) is -1.68. The van der Waals surface area contributed by atoms with Gasteiger partial charge in [0, 0.05) is 69.3 Å². The number of likely N-dealkylation sites (N-methyl/N-ethyl adjacent to an activating group) is 1. The largest absolute Gasteiger partial charge is 0.463 e. The lowest BCUT2D eigenvalue weighted by atomic mass is 9.74. The maximum absolute atomic E-state index is 14.3. The Bertz CT molecular complexity index is 1340. The molecule has 0 spiro atoms. The summed E-state index contributed by atoms with van der Waals surface area (Å²) in [4.78, 5) is 56.3. The highest BCUT2D eigenvalue weighted by atomic mass is 16.7. The SMILES string of the molecule is CCCN1C[C@H](C)C[C@@](C)(OC)[C@H](O[C@@H]2O[C@H](C)C[C@H](N(C)C)[C@H]2O)[C@@H](C)C(=O)C(C)(C)C(=O)OC[C@H]1CCC(=O)N1CCc2ncncc2C1. The zero-order valence-corrected chi connectivity index (χ0v) is 32.6. The van der Waals surface area contributed by atoms with Crippen LogP contribution in [-0.2, 0) is 46.3 Å². The van der Waals surface area contributed by atoms with Gasteiger partial charge in [-0.3, -0.25) is 19.3 Å². The monoisotopic (exact) mass is 717 g/mol. The third-order valence-corrected chi connectivity index (χ3v) is 11.3. The summed E-state index contributed by atoms with van der Waals surface area (Å²) in [6, 6.07) is -0.439. The molecule has 4 heterocycles. The van der Waals surface area contributed by atoms with Gasteiger partial charge >= 0.3 is 5.97 Å². The summed E-state index contributed by atoms with van der Waals surface area (Å²) in [5, 5.41) is 11.4. The van der Waals surface area contributed by atoms with Crippen molar-refractivity contribution in [2.75, 3.05) is 47.4 Å². The Kier molecular flexibility index (Phi) is 14.2. The molecule has 13 nitrogen and oxygen atoms in total. The zero-order chi connectivity index (χ0) is 37.7. The average Bonchev–Trinajstić information content (AvgIpc) is 3.09. The van der Waals surface area contributed by atoms with Gasteiger partial charge in [-0.05, 0) is 79.9 Å². The van der Waals surface area contributed by atoms with Crippen LogP contribution >= 0.6 is 0 Å². The molecule has 3 aliphatic heterocycles. The number of amides is 1. The number of Topliss-reactive ketones (excluding diaryl/α,β-unsaturated/α-hetero) is 1. The lowest BCUT2D eigenvalue weighted by Gasteiger charge is -2.47. The Morgan fingerprint density at radius 1 is 1.18 bits per heavy atom. The van der Waals surface area contributed by atoms with E-state index in [4.69, 9.17) is 18.9 Å². The number of ether oxygens (including phenoxy) is 4. The second kappa shape index (κ2) is 17.5. The molecule has 1 amide bonds. The molecule has 4 rings (SSSR count).